The van der Waals surface area contributed by atoms with Gasteiger partial charge in [-0.1, -0.05) is 34.6 Å². The smallest absolute Gasteiger partial charge is 0.224 e. The highest BCUT2D eigenvalue weighted by Crippen LogP contribution is 2.35. The Morgan fingerprint density at radius 1 is 0.608 bits per heavy atom. The summed E-state index contributed by atoms with van der Waals surface area (Å²) in [4.78, 5) is 49.5. The highest BCUT2D eigenvalue weighted by molar-refractivity contribution is 5.88. The number of aryl methyl sites for hydroxylation is 2. The summed E-state index contributed by atoms with van der Waals surface area (Å²) in [5.74, 6) is -7.18. The van der Waals surface area contributed by atoms with Crippen LogP contribution in [-0.2, 0) is 32.0 Å². The van der Waals surface area contributed by atoms with Crippen LogP contribution in [0.15, 0.2) is 36.4 Å². The predicted octanol–water partition coefficient (Wildman–Crippen LogP) is 7.25. The Labute approximate surface area is 303 Å². The van der Waals surface area contributed by atoms with Gasteiger partial charge in [0.2, 0.25) is 23.6 Å². The molecule has 0 aliphatic heterocycles. The van der Waals surface area contributed by atoms with Crippen molar-refractivity contribution in [1.29, 1.82) is 0 Å². The Morgan fingerprint density at radius 2 is 0.941 bits per heavy atom. The van der Waals surface area contributed by atoms with Crippen molar-refractivity contribution in [1.82, 2.24) is 10.6 Å². The van der Waals surface area contributed by atoms with Crippen molar-refractivity contribution in [3.8, 4) is 0 Å². The molecule has 2 aromatic rings. The van der Waals surface area contributed by atoms with Gasteiger partial charge in [-0.05, 0) is 114 Å². The van der Waals surface area contributed by atoms with Crippen LogP contribution in [-0.4, -0.2) is 34.7 Å². The van der Waals surface area contributed by atoms with Gasteiger partial charge in [0.05, 0.1) is 17.8 Å². The van der Waals surface area contributed by atoms with E-state index in [1.807, 2.05) is 76.2 Å². The van der Waals surface area contributed by atoms with E-state index in [4.69, 9.17) is 11.5 Å². The van der Waals surface area contributed by atoms with Crippen molar-refractivity contribution in [2.75, 3.05) is 0 Å². The van der Waals surface area contributed by atoms with Crippen LogP contribution in [0.1, 0.15) is 103 Å². The van der Waals surface area contributed by atoms with Gasteiger partial charge in [-0.25, -0.2) is 17.6 Å². The zero-order valence-corrected chi connectivity index (χ0v) is 32.0. The molecule has 0 aliphatic carbocycles. The molecular formula is C39H62F4N4O4. The molecule has 0 aromatic heterocycles. The molecule has 0 fully saturated rings. The van der Waals surface area contributed by atoms with Crippen LogP contribution in [0.5, 0.6) is 0 Å². The molecule has 0 spiro atoms. The highest BCUT2D eigenvalue weighted by Gasteiger charge is 2.41. The van der Waals surface area contributed by atoms with E-state index in [2.05, 4.69) is 10.6 Å². The summed E-state index contributed by atoms with van der Waals surface area (Å²) in [6, 6.07) is 6.49. The number of hydrogen-bond donors (Lipinski definition) is 4. The van der Waals surface area contributed by atoms with Crippen molar-refractivity contribution in [2.24, 2.45) is 46.5 Å². The second-order valence-corrected chi connectivity index (χ2v) is 16.7. The van der Waals surface area contributed by atoms with E-state index in [1.165, 1.54) is 24.3 Å². The summed E-state index contributed by atoms with van der Waals surface area (Å²) in [7, 11) is 0. The first kappa shape index (κ1) is 45.1. The van der Waals surface area contributed by atoms with Crippen molar-refractivity contribution < 1.29 is 39.6 Å². The maximum atomic E-state index is 13.4. The van der Waals surface area contributed by atoms with Crippen LogP contribution in [0.3, 0.4) is 0 Å². The maximum absolute atomic E-state index is 13.4. The molecule has 0 bridgehead atoms. The number of amides is 4. The fourth-order valence-electron chi connectivity index (χ4n) is 6.16. The van der Waals surface area contributed by atoms with E-state index in [0.29, 0.717) is 11.1 Å². The maximum Gasteiger partial charge on any atom is 0.224 e. The van der Waals surface area contributed by atoms with Crippen LogP contribution in [0.25, 0.3) is 0 Å². The summed E-state index contributed by atoms with van der Waals surface area (Å²) >= 11 is 0. The number of nitrogens with two attached hydrogens (primary N) is 2. The fraction of sp³-hybridized carbons (Fsp3) is 0.590. The SMILES string of the molecule is CC(C)(C)NC(=O)[C@@H]([C@H](CCc1cc(F)cc(F)c1)C(N)=O)C(C)(C)C.CC(C)[C@@H](C(=O)NC(C)(C)C)[C@H](CCc1cc(F)cc(F)c1)C(N)=O.[HH].[HH]. The summed E-state index contributed by atoms with van der Waals surface area (Å²) in [6.07, 6.45) is 0.988. The molecule has 4 amide bonds. The second-order valence-electron chi connectivity index (χ2n) is 16.7. The molecule has 0 saturated heterocycles. The van der Waals surface area contributed by atoms with E-state index >= 15 is 0 Å². The first-order valence-electron chi connectivity index (χ1n) is 17.2. The lowest BCUT2D eigenvalue weighted by Gasteiger charge is -2.36. The lowest BCUT2D eigenvalue weighted by atomic mass is 9.70. The van der Waals surface area contributed by atoms with E-state index in [1.54, 1.807) is 0 Å². The number of carbonyl (C=O) groups is 4. The molecule has 0 saturated carbocycles. The minimum atomic E-state index is -0.747. The molecule has 6 N–H and O–H groups in total. The molecule has 0 unspecified atom stereocenters. The van der Waals surface area contributed by atoms with Crippen LogP contribution in [0, 0.1) is 58.3 Å². The minimum Gasteiger partial charge on any atom is -0.369 e. The molecule has 2 aromatic carbocycles. The Bertz CT molecular complexity index is 1480. The Balaban J connectivity index is 0. The molecule has 51 heavy (non-hydrogen) atoms. The number of halogens is 4. The van der Waals surface area contributed by atoms with E-state index < -0.39 is 75.2 Å². The molecule has 290 valence electrons. The van der Waals surface area contributed by atoms with Gasteiger partial charge in [0.25, 0.3) is 0 Å². The topological polar surface area (TPSA) is 144 Å². The Hall–Kier alpha value is -3.96. The third-order valence-electron chi connectivity index (χ3n) is 8.13. The zero-order chi connectivity index (χ0) is 39.6. The zero-order valence-electron chi connectivity index (χ0n) is 32.0. The van der Waals surface area contributed by atoms with Gasteiger partial charge in [0, 0.05) is 32.0 Å². The van der Waals surface area contributed by atoms with Gasteiger partial charge < -0.3 is 22.1 Å². The number of nitrogens with one attached hydrogen (secondary N) is 2. The number of benzene rings is 2. The molecule has 2 rings (SSSR count). The standard InChI is InChI=1S/C20H30F2N2O2.C19H28F2N2O2.2H2/c1-19(2,3)16(18(26)24-20(4,5)6)15(17(23)25)8-7-12-9-13(21)11-14(22)10-12;1-11(2)16(18(25)23-19(3,4)5)15(17(22)24)7-6-12-8-13(20)10-14(21)9-12;;/h9-11,15-16H,7-8H2,1-6H3,(H2,23,25)(H,24,26);8-11,15-16H,6-7H2,1-5H3,(H2,22,24)(H,23,25);2*1H/t2*15-,16+;;/m00../s1. The monoisotopic (exact) mass is 726 g/mol. The van der Waals surface area contributed by atoms with Gasteiger partial charge >= 0.3 is 0 Å². The first-order valence-corrected chi connectivity index (χ1v) is 17.2. The number of carbonyl (C=O) groups excluding carboxylic acids is 4. The van der Waals surface area contributed by atoms with Gasteiger partial charge in [-0.3, -0.25) is 19.2 Å². The van der Waals surface area contributed by atoms with Crippen LogP contribution < -0.4 is 22.1 Å². The van der Waals surface area contributed by atoms with Crippen molar-refractivity contribution in [3.05, 3.63) is 70.8 Å². The average molecular weight is 727 g/mol. The molecule has 0 heterocycles. The molecule has 8 nitrogen and oxygen atoms in total. The van der Waals surface area contributed by atoms with Crippen LogP contribution >= 0.6 is 0 Å². The minimum absolute atomic E-state index is 0. The molecular weight excluding hydrogens is 664 g/mol. The average Bonchev–Trinajstić information content (AvgIpc) is 2.89. The number of primary amides is 2. The first-order chi connectivity index (χ1) is 23.1. The van der Waals surface area contributed by atoms with Crippen LogP contribution in [0.2, 0.25) is 0 Å². The van der Waals surface area contributed by atoms with Crippen molar-refractivity contribution in [2.45, 2.75) is 113 Å². The molecule has 0 aliphatic rings. The van der Waals surface area contributed by atoms with E-state index in [-0.39, 0.29) is 46.3 Å². The lowest BCUT2D eigenvalue weighted by molar-refractivity contribution is -0.139. The predicted molar refractivity (Wildman–Crippen MR) is 196 cm³/mol. The van der Waals surface area contributed by atoms with Gasteiger partial charge in [0.1, 0.15) is 23.3 Å². The Morgan fingerprint density at radius 3 is 1.24 bits per heavy atom. The summed E-state index contributed by atoms with van der Waals surface area (Å²) < 4.78 is 53.4. The quantitative estimate of drug-likeness (QED) is 0.161. The highest BCUT2D eigenvalue weighted by atomic mass is 19.1. The normalized spacial score (nSPS) is 14.4. The summed E-state index contributed by atoms with van der Waals surface area (Å²) in [5, 5.41) is 5.80. The summed E-state index contributed by atoms with van der Waals surface area (Å²) in [6.45, 7) is 20.5. The fourth-order valence-corrected chi connectivity index (χ4v) is 6.16. The third-order valence-corrected chi connectivity index (χ3v) is 8.13. The van der Waals surface area contributed by atoms with Gasteiger partial charge in [0.15, 0.2) is 0 Å². The molecule has 4 atom stereocenters. The van der Waals surface area contributed by atoms with Crippen molar-refractivity contribution in [3.63, 3.8) is 0 Å². The second kappa shape index (κ2) is 18.5. The molecule has 12 heteroatoms. The lowest BCUT2D eigenvalue weighted by Crippen LogP contribution is -2.51. The van der Waals surface area contributed by atoms with Gasteiger partial charge in [-0.2, -0.15) is 0 Å². The summed E-state index contributed by atoms with van der Waals surface area (Å²) in [5.41, 5.74) is 10.6. The van der Waals surface area contributed by atoms with E-state index in [0.717, 1.165) is 12.1 Å². The third kappa shape index (κ3) is 16.3. The van der Waals surface area contributed by atoms with Crippen molar-refractivity contribution >= 4 is 23.6 Å². The van der Waals surface area contributed by atoms with Gasteiger partial charge in [-0.15, -0.1) is 0 Å². The number of hydrogen-bond acceptors (Lipinski definition) is 4. The number of rotatable bonds is 13. The Kier molecular flexibility index (Phi) is 16.4. The molecule has 0 radical (unpaired) electrons. The largest absolute Gasteiger partial charge is 0.369 e. The van der Waals surface area contributed by atoms with E-state index in [9.17, 15) is 36.7 Å². The van der Waals surface area contributed by atoms with Crippen LogP contribution in [0.4, 0.5) is 17.6 Å².